The molecular weight excluding hydrogens is 310 g/mol. The van der Waals surface area contributed by atoms with Crippen molar-refractivity contribution in [3.05, 3.63) is 0 Å². The lowest BCUT2D eigenvalue weighted by Gasteiger charge is -2.39. The summed E-state index contributed by atoms with van der Waals surface area (Å²) in [7, 11) is 0. The molecule has 2 amide bonds. The Hall–Kier alpha value is -0.770. The van der Waals surface area contributed by atoms with Crippen LogP contribution >= 0.6 is 0 Å². The number of likely N-dealkylation sites (tertiary alicyclic amines) is 1. The van der Waals surface area contributed by atoms with E-state index in [9.17, 15) is 4.79 Å². The predicted molar refractivity (Wildman–Crippen MR) is 104 cm³/mol. The van der Waals surface area contributed by atoms with Gasteiger partial charge in [0.2, 0.25) is 0 Å². The van der Waals surface area contributed by atoms with Gasteiger partial charge in [0.1, 0.15) is 0 Å². The number of hydrogen-bond donors (Lipinski definition) is 2. The Balaban J connectivity index is 1.30. The fourth-order valence-corrected chi connectivity index (χ4v) is 5.58. The monoisotopic (exact) mass is 349 g/mol. The molecule has 3 atom stereocenters. The molecule has 2 saturated carbocycles. The number of nitrogens with one attached hydrogen (secondary N) is 2. The highest BCUT2D eigenvalue weighted by Gasteiger charge is 2.61. The summed E-state index contributed by atoms with van der Waals surface area (Å²) in [6.45, 7) is 14.0. The summed E-state index contributed by atoms with van der Waals surface area (Å²) in [4.78, 5) is 14.9. The van der Waals surface area contributed by atoms with Gasteiger partial charge < -0.3 is 15.5 Å². The van der Waals surface area contributed by atoms with Crippen LogP contribution in [0.15, 0.2) is 0 Å². The Labute approximate surface area is 154 Å². The standard InChI is InChI=1S/C21H39N3O/c1-16-8-13-24(14-9-16)12-6-5-11-22-19(25)23-18-15-17-7-10-21(18,4)20(17,2)3/h16-18H,5-15H2,1-4H3,(H2,22,23,25). The summed E-state index contributed by atoms with van der Waals surface area (Å²) in [5.74, 6) is 1.68. The highest BCUT2D eigenvalue weighted by atomic mass is 16.2. The third-order valence-corrected chi connectivity index (χ3v) is 8.16. The maximum Gasteiger partial charge on any atom is 0.315 e. The highest BCUT2D eigenvalue weighted by Crippen LogP contribution is 2.65. The van der Waals surface area contributed by atoms with Crippen molar-refractivity contribution < 1.29 is 4.79 Å². The van der Waals surface area contributed by atoms with Crippen LogP contribution in [0, 0.1) is 22.7 Å². The minimum atomic E-state index is 0.0429. The first kappa shape index (κ1) is 19.0. The average Bonchev–Trinajstić information content (AvgIpc) is 2.89. The molecule has 0 aromatic heterocycles. The molecular formula is C21H39N3O. The molecule has 0 spiro atoms. The molecule has 144 valence electrons. The van der Waals surface area contributed by atoms with Crippen molar-refractivity contribution in [3.63, 3.8) is 0 Å². The van der Waals surface area contributed by atoms with Crippen molar-refractivity contribution in [2.45, 2.75) is 78.7 Å². The lowest BCUT2D eigenvalue weighted by Crippen LogP contribution is -2.50. The SMILES string of the molecule is CC1CCN(CCCCNC(=O)NC2CC3CCC2(C)C3(C)C)CC1. The molecule has 1 heterocycles. The number of urea groups is 1. The second kappa shape index (κ2) is 7.46. The zero-order valence-corrected chi connectivity index (χ0v) is 16.9. The molecule has 2 N–H and O–H groups in total. The van der Waals surface area contributed by atoms with Gasteiger partial charge in [0.15, 0.2) is 0 Å². The van der Waals surface area contributed by atoms with Crippen molar-refractivity contribution >= 4 is 6.03 Å². The summed E-state index contributed by atoms with van der Waals surface area (Å²) in [5, 5.41) is 6.38. The number of rotatable bonds is 6. The zero-order valence-electron chi connectivity index (χ0n) is 16.9. The van der Waals surface area contributed by atoms with E-state index in [1.165, 1.54) is 51.7 Å². The summed E-state index contributed by atoms with van der Waals surface area (Å²) in [6.07, 6.45) is 8.70. The van der Waals surface area contributed by atoms with Gasteiger partial charge >= 0.3 is 6.03 Å². The van der Waals surface area contributed by atoms with Gasteiger partial charge in [-0.2, -0.15) is 0 Å². The molecule has 2 aliphatic carbocycles. The predicted octanol–water partition coefficient (Wildman–Crippen LogP) is 4.01. The van der Waals surface area contributed by atoms with Crippen molar-refractivity contribution in [1.29, 1.82) is 0 Å². The van der Waals surface area contributed by atoms with Gasteiger partial charge in [-0.1, -0.05) is 27.7 Å². The normalized spacial score (nSPS) is 35.0. The number of fused-ring (bicyclic) bond motifs is 2. The largest absolute Gasteiger partial charge is 0.338 e. The molecule has 0 radical (unpaired) electrons. The second-order valence-corrected chi connectivity index (χ2v) is 9.79. The minimum Gasteiger partial charge on any atom is -0.338 e. The maximum absolute atomic E-state index is 12.3. The number of hydrogen-bond acceptors (Lipinski definition) is 2. The van der Waals surface area contributed by atoms with Gasteiger partial charge in [0, 0.05) is 12.6 Å². The minimum absolute atomic E-state index is 0.0429. The number of carbonyl (C=O) groups is 1. The molecule has 3 fully saturated rings. The molecule has 2 bridgehead atoms. The summed E-state index contributed by atoms with van der Waals surface area (Å²) in [5.41, 5.74) is 0.622. The highest BCUT2D eigenvalue weighted by molar-refractivity contribution is 5.74. The number of nitrogens with zero attached hydrogens (tertiary/aromatic N) is 1. The van der Waals surface area contributed by atoms with E-state index in [1.54, 1.807) is 0 Å². The van der Waals surface area contributed by atoms with Crippen LogP contribution in [0.1, 0.15) is 72.6 Å². The number of amides is 2. The van der Waals surface area contributed by atoms with Gasteiger partial charge in [0.05, 0.1) is 0 Å². The molecule has 4 nitrogen and oxygen atoms in total. The summed E-state index contributed by atoms with van der Waals surface area (Å²) < 4.78 is 0. The van der Waals surface area contributed by atoms with E-state index in [0.717, 1.165) is 31.2 Å². The van der Waals surface area contributed by atoms with E-state index in [4.69, 9.17) is 0 Å². The van der Waals surface area contributed by atoms with Gasteiger partial charge in [-0.25, -0.2) is 4.79 Å². The Morgan fingerprint density at radius 3 is 2.44 bits per heavy atom. The molecule has 1 saturated heterocycles. The Morgan fingerprint density at radius 1 is 1.12 bits per heavy atom. The first-order valence-electron chi connectivity index (χ1n) is 10.6. The van der Waals surface area contributed by atoms with Crippen molar-refractivity contribution in [2.24, 2.45) is 22.7 Å². The fraction of sp³-hybridized carbons (Fsp3) is 0.952. The lowest BCUT2D eigenvalue weighted by molar-refractivity contribution is 0.123. The zero-order chi connectivity index (χ0) is 18.1. The van der Waals surface area contributed by atoms with Gasteiger partial charge in [0.25, 0.3) is 0 Å². The van der Waals surface area contributed by atoms with Crippen LogP contribution < -0.4 is 10.6 Å². The Kier molecular flexibility index (Phi) is 5.67. The van der Waals surface area contributed by atoms with E-state index in [1.807, 2.05) is 0 Å². The topological polar surface area (TPSA) is 44.4 Å². The van der Waals surface area contributed by atoms with Gasteiger partial charge in [-0.15, -0.1) is 0 Å². The van der Waals surface area contributed by atoms with Gasteiger partial charge in [-0.3, -0.25) is 0 Å². The van der Waals surface area contributed by atoms with E-state index in [0.29, 0.717) is 11.5 Å². The molecule has 1 aliphatic heterocycles. The molecule has 0 aromatic carbocycles. The van der Waals surface area contributed by atoms with Crippen LogP contribution in [0.4, 0.5) is 4.79 Å². The summed E-state index contributed by atoms with van der Waals surface area (Å²) >= 11 is 0. The van der Waals surface area contributed by atoms with Crippen molar-refractivity contribution in [3.8, 4) is 0 Å². The first-order chi connectivity index (χ1) is 11.8. The van der Waals surface area contributed by atoms with Gasteiger partial charge in [-0.05, 0) is 87.2 Å². The molecule has 0 aromatic rings. The fourth-order valence-electron chi connectivity index (χ4n) is 5.58. The summed E-state index contributed by atoms with van der Waals surface area (Å²) in [6, 6.07) is 0.387. The second-order valence-electron chi connectivity index (χ2n) is 9.79. The molecule has 3 unspecified atom stereocenters. The van der Waals surface area contributed by atoms with Crippen LogP contribution in [-0.2, 0) is 0 Å². The number of piperidine rings is 1. The molecule has 3 rings (SSSR count). The third kappa shape index (κ3) is 3.84. The van der Waals surface area contributed by atoms with Crippen molar-refractivity contribution in [1.82, 2.24) is 15.5 Å². The quantitative estimate of drug-likeness (QED) is 0.712. The van der Waals surface area contributed by atoms with E-state index in [-0.39, 0.29) is 11.4 Å². The van der Waals surface area contributed by atoms with Crippen LogP contribution in [0.25, 0.3) is 0 Å². The van der Waals surface area contributed by atoms with Crippen LogP contribution in [0.3, 0.4) is 0 Å². The Bertz CT molecular complexity index is 470. The van der Waals surface area contributed by atoms with Crippen LogP contribution in [0.5, 0.6) is 0 Å². The van der Waals surface area contributed by atoms with Crippen LogP contribution in [0.2, 0.25) is 0 Å². The first-order valence-corrected chi connectivity index (χ1v) is 10.6. The van der Waals surface area contributed by atoms with Crippen molar-refractivity contribution in [2.75, 3.05) is 26.2 Å². The van der Waals surface area contributed by atoms with E-state index < -0.39 is 0 Å². The Morgan fingerprint density at radius 2 is 1.84 bits per heavy atom. The number of unbranched alkanes of at least 4 members (excludes halogenated alkanes) is 1. The molecule has 25 heavy (non-hydrogen) atoms. The average molecular weight is 350 g/mol. The molecule has 4 heteroatoms. The third-order valence-electron chi connectivity index (χ3n) is 8.16. The smallest absolute Gasteiger partial charge is 0.315 e. The van der Waals surface area contributed by atoms with E-state index in [2.05, 4.69) is 43.2 Å². The number of carbonyl (C=O) groups excluding carboxylic acids is 1. The lowest BCUT2D eigenvalue weighted by atomic mass is 9.69. The molecule has 3 aliphatic rings. The van der Waals surface area contributed by atoms with Crippen LogP contribution in [-0.4, -0.2) is 43.2 Å². The van der Waals surface area contributed by atoms with E-state index >= 15 is 0 Å². The maximum atomic E-state index is 12.3.